The van der Waals surface area contributed by atoms with Crippen molar-refractivity contribution in [3.63, 3.8) is 0 Å². The number of hydrogen-bond donors (Lipinski definition) is 1. The first-order chi connectivity index (χ1) is 10.1. The second-order valence-electron chi connectivity index (χ2n) is 5.73. The molecule has 0 aromatic carbocycles. The summed E-state index contributed by atoms with van der Waals surface area (Å²) in [5.41, 5.74) is 3.79. The van der Waals surface area contributed by atoms with Gasteiger partial charge in [0.2, 0.25) is 0 Å². The van der Waals surface area contributed by atoms with E-state index < -0.39 is 16.7 Å². The van der Waals surface area contributed by atoms with Gasteiger partial charge in [-0.05, 0) is 6.42 Å². The summed E-state index contributed by atoms with van der Waals surface area (Å²) in [7, 11) is 2.86. The number of nitrogens with zero attached hydrogens (tertiary/aromatic N) is 3. The van der Waals surface area contributed by atoms with Crippen molar-refractivity contribution in [1.29, 1.82) is 10.5 Å². The molecule has 1 heterocycles. The van der Waals surface area contributed by atoms with E-state index in [9.17, 15) is 10.5 Å². The summed E-state index contributed by atoms with van der Waals surface area (Å²) >= 11 is 0. The lowest BCUT2D eigenvalue weighted by Gasteiger charge is -2.29. The molecule has 0 bridgehead atoms. The van der Waals surface area contributed by atoms with Crippen molar-refractivity contribution < 1.29 is 9.47 Å². The molecule has 1 aliphatic carbocycles. The quantitative estimate of drug-likeness (QED) is 0.569. The molecule has 2 rings (SSSR count). The van der Waals surface area contributed by atoms with E-state index in [1.54, 1.807) is 0 Å². The summed E-state index contributed by atoms with van der Waals surface area (Å²) in [6, 6.07) is 4.49. The molecule has 2 aliphatic rings. The molecule has 6 heteroatoms. The van der Waals surface area contributed by atoms with Gasteiger partial charge in [0.25, 0.3) is 5.91 Å². The molecule has 0 amide bonds. The molecule has 0 radical (unpaired) electrons. The third kappa shape index (κ3) is 1.61. The number of unbranched alkanes of at least 4 members (excludes halogenated alkanes) is 3. The maximum absolute atomic E-state index is 9.76. The molecule has 0 spiro atoms. The Morgan fingerprint density at radius 3 is 2.33 bits per heavy atom. The van der Waals surface area contributed by atoms with Crippen molar-refractivity contribution in [2.45, 2.75) is 44.9 Å². The molecule has 114 valence electrons. The lowest BCUT2D eigenvalue weighted by atomic mass is 9.94. The number of hydrogen-bond acceptors (Lipinski definition) is 6. The van der Waals surface area contributed by atoms with Crippen molar-refractivity contribution >= 4 is 5.84 Å². The Kier molecular flexibility index (Phi) is 3.97. The van der Waals surface area contributed by atoms with Crippen LogP contribution in [0, 0.1) is 39.4 Å². The molecule has 0 unspecified atom stereocenters. The monoisotopic (exact) mass is 290 g/mol. The Labute approximate surface area is 125 Å². The number of methoxy groups -OCH3 is 2. The summed E-state index contributed by atoms with van der Waals surface area (Å²) in [5.74, 6) is -1.48. The fourth-order valence-electron chi connectivity index (χ4n) is 3.90. The second kappa shape index (κ2) is 5.29. The van der Waals surface area contributed by atoms with E-state index >= 15 is 0 Å². The molecule has 1 aliphatic heterocycles. The molecule has 0 aromatic rings. The zero-order chi connectivity index (χ0) is 15.7. The fourth-order valence-corrected chi connectivity index (χ4v) is 3.90. The van der Waals surface area contributed by atoms with Gasteiger partial charge in [0.1, 0.15) is 11.3 Å². The van der Waals surface area contributed by atoms with Gasteiger partial charge in [-0.25, -0.2) is 4.99 Å². The Bertz CT molecular complexity index is 529. The van der Waals surface area contributed by atoms with E-state index in [4.69, 9.17) is 15.2 Å². The van der Waals surface area contributed by atoms with Gasteiger partial charge in [0.15, 0.2) is 5.41 Å². The van der Waals surface area contributed by atoms with Gasteiger partial charge in [0.05, 0.1) is 12.1 Å². The first kappa shape index (κ1) is 15.8. The Morgan fingerprint density at radius 2 is 1.86 bits per heavy atom. The van der Waals surface area contributed by atoms with Crippen LogP contribution in [0.15, 0.2) is 4.99 Å². The predicted molar refractivity (Wildman–Crippen MR) is 76.7 cm³/mol. The van der Waals surface area contributed by atoms with Gasteiger partial charge in [0, 0.05) is 20.1 Å². The highest BCUT2D eigenvalue weighted by molar-refractivity contribution is 5.98. The van der Waals surface area contributed by atoms with Gasteiger partial charge in [-0.15, -0.1) is 0 Å². The lowest BCUT2D eigenvalue weighted by molar-refractivity contribution is -0.232. The largest absolute Gasteiger partial charge is 0.386 e. The van der Waals surface area contributed by atoms with Crippen LogP contribution in [0.25, 0.3) is 0 Å². The van der Waals surface area contributed by atoms with Gasteiger partial charge in [-0.2, -0.15) is 10.5 Å². The molecule has 6 nitrogen and oxygen atoms in total. The maximum Gasteiger partial charge on any atom is 0.292 e. The van der Waals surface area contributed by atoms with Crippen LogP contribution >= 0.6 is 0 Å². The van der Waals surface area contributed by atoms with Crippen LogP contribution in [0.3, 0.4) is 0 Å². The minimum atomic E-state index is -1.46. The van der Waals surface area contributed by atoms with Crippen molar-refractivity contribution in [3.05, 3.63) is 0 Å². The van der Waals surface area contributed by atoms with Crippen LogP contribution < -0.4 is 5.73 Å². The SMILES string of the molecule is CCCCCC[C@H]1[C@]2(C#N)C(N)=NC(OC)(OC)[C@]12C#N. The second-order valence-corrected chi connectivity index (χ2v) is 5.73. The van der Waals surface area contributed by atoms with E-state index in [0.29, 0.717) is 0 Å². The maximum atomic E-state index is 9.76. The molecule has 21 heavy (non-hydrogen) atoms. The third-order valence-electron chi connectivity index (χ3n) is 5.01. The first-order valence-corrected chi connectivity index (χ1v) is 7.35. The van der Waals surface area contributed by atoms with Gasteiger partial charge >= 0.3 is 0 Å². The van der Waals surface area contributed by atoms with Crippen LogP contribution in [0.4, 0.5) is 0 Å². The Hall–Kier alpha value is -1.63. The summed E-state index contributed by atoms with van der Waals surface area (Å²) in [6.07, 6.45) is 5.09. The molecule has 0 aromatic heterocycles. The van der Waals surface area contributed by atoms with Gasteiger partial charge in [-0.3, -0.25) is 0 Å². The standard InChI is InChI=1S/C15H22N4O2/c1-4-5-6-7-8-11-13(9-16)12(18)19-15(20-2,21-3)14(11,13)10-17/h11H,4-8H2,1-3H3,(H2,18,19)/t11-,13+,14+/m0/s1. The summed E-state index contributed by atoms with van der Waals surface area (Å²) in [4.78, 5) is 4.17. The molecular weight excluding hydrogens is 268 g/mol. The number of amidine groups is 1. The van der Waals surface area contributed by atoms with Crippen LogP contribution in [0.1, 0.15) is 39.0 Å². The van der Waals surface area contributed by atoms with Crippen LogP contribution in [0.2, 0.25) is 0 Å². The topological polar surface area (TPSA) is 104 Å². The lowest BCUT2D eigenvalue weighted by Crippen LogP contribution is -2.41. The number of rotatable bonds is 7. The highest BCUT2D eigenvalue weighted by Gasteiger charge is 2.92. The number of fused-ring (bicyclic) bond motifs is 1. The number of ether oxygens (including phenoxy) is 2. The van der Waals surface area contributed by atoms with Crippen molar-refractivity contribution in [2.24, 2.45) is 27.5 Å². The number of aliphatic imine (C=N–C) groups is 1. The minimum Gasteiger partial charge on any atom is -0.386 e. The highest BCUT2D eigenvalue weighted by atomic mass is 16.7. The molecular formula is C15H22N4O2. The van der Waals surface area contributed by atoms with Gasteiger partial charge in [-0.1, -0.05) is 32.6 Å². The van der Waals surface area contributed by atoms with E-state index in [2.05, 4.69) is 24.1 Å². The zero-order valence-electron chi connectivity index (χ0n) is 12.8. The molecule has 1 fully saturated rings. The molecule has 3 atom stereocenters. The zero-order valence-corrected chi connectivity index (χ0v) is 12.8. The molecule has 1 saturated carbocycles. The third-order valence-corrected chi connectivity index (χ3v) is 5.01. The predicted octanol–water partition coefficient (Wildman–Crippen LogP) is 1.92. The average Bonchev–Trinajstić information content (AvgIpc) is 3.05. The Morgan fingerprint density at radius 1 is 1.19 bits per heavy atom. The smallest absolute Gasteiger partial charge is 0.292 e. The minimum absolute atomic E-state index is 0.163. The number of nitrogens with two attached hydrogens (primary N) is 1. The number of nitriles is 2. The molecule has 2 N–H and O–H groups in total. The van der Waals surface area contributed by atoms with E-state index in [1.807, 2.05) is 0 Å². The first-order valence-electron chi connectivity index (χ1n) is 7.35. The molecule has 0 saturated heterocycles. The summed E-state index contributed by atoms with van der Waals surface area (Å²) in [5, 5.41) is 19.4. The fraction of sp³-hybridized carbons (Fsp3) is 0.800. The van der Waals surface area contributed by atoms with Crippen molar-refractivity contribution in [2.75, 3.05) is 14.2 Å². The summed E-state index contributed by atoms with van der Waals surface area (Å²) in [6.45, 7) is 2.14. The van der Waals surface area contributed by atoms with Crippen molar-refractivity contribution in [3.8, 4) is 12.1 Å². The van der Waals surface area contributed by atoms with Gasteiger partial charge < -0.3 is 15.2 Å². The Balaban J connectivity index is 2.32. The van der Waals surface area contributed by atoms with Crippen LogP contribution in [-0.4, -0.2) is 26.0 Å². The summed E-state index contributed by atoms with van der Waals surface area (Å²) < 4.78 is 10.8. The van der Waals surface area contributed by atoms with E-state index in [-0.39, 0.29) is 11.8 Å². The van der Waals surface area contributed by atoms with E-state index in [0.717, 1.165) is 32.1 Å². The van der Waals surface area contributed by atoms with Crippen molar-refractivity contribution in [1.82, 2.24) is 0 Å². The van der Waals surface area contributed by atoms with Crippen LogP contribution in [0.5, 0.6) is 0 Å². The van der Waals surface area contributed by atoms with Crippen LogP contribution in [-0.2, 0) is 9.47 Å². The average molecular weight is 290 g/mol. The normalized spacial score (nSPS) is 35.5. The highest BCUT2D eigenvalue weighted by Crippen LogP contribution is 2.79. The van der Waals surface area contributed by atoms with E-state index in [1.165, 1.54) is 14.2 Å².